The van der Waals surface area contributed by atoms with Crippen molar-refractivity contribution in [1.82, 2.24) is 4.98 Å². The lowest BCUT2D eigenvalue weighted by Gasteiger charge is -2.03. The molecule has 1 heterocycles. The number of halogens is 1. The van der Waals surface area contributed by atoms with Crippen LogP contribution in [0.25, 0.3) is 11.3 Å². The summed E-state index contributed by atoms with van der Waals surface area (Å²) in [5.74, 6) is 0.547. The summed E-state index contributed by atoms with van der Waals surface area (Å²) in [5, 5.41) is 3.53. The average Bonchev–Trinajstić information content (AvgIpc) is 3.05. The molecule has 3 rings (SSSR count). The highest BCUT2D eigenvalue weighted by molar-refractivity contribution is 9.10. The van der Waals surface area contributed by atoms with Crippen molar-refractivity contribution < 1.29 is 9.53 Å². The van der Waals surface area contributed by atoms with Crippen LogP contribution in [-0.4, -0.2) is 18.0 Å². The zero-order chi connectivity index (χ0) is 18.5. The molecule has 0 aliphatic rings. The Morgan fingerprint density at radius 3 is 2.46 bits per heavy atom. The first-order valence-electron chi connectivity index (χ1n) is 8.31. The van der Waals surface area contributed by atoms with E-state index in [2.05, 4.69) is 33.2 Å². The molecule has 0 bridgehead atoms. The summed E-state index contributed by atoms with van der Waals surface area (Å²) in [5.41, 5.74) is 2.57. The normalized spacial score (nSPS) is 10.6. The van der Waals surface area contributed by atoms with Crippen LogP contribution in [0, 0.1) is 0 Å². The zero-order valence-electron chi connectivity index (χ0n) is 14.6. The van der Waals surface area contributed by atoms with Crippen LogP contribution >= 0.6 is 27.3 Å². The monoisotopic (exact) mass is 430 g/mol. The van der Waals surface area contributed by atoms with E-state index in [1.54, 1.807) is 31.4 Å². The van der Waals surface area contributed by atoms with Crippen molar-refractivity contribution >= 4 is 38.3 Å². The number of ether oxygens (including phenoxy) is 1. The van der Waals surface area contributed by atoms with Crippen LogP contribution in [0.5, 0.6) is 5.75 Å². The number of methoxy groups -OCH3 is 1. The highest BCUT2D eigenvalue weighted by atomic mass is 79.9. The van der Waals surface area contributed by atoms with E-state index in [-0.39, 0.29) is 5.91 Å². The molecule has 0 aliphatic heterocycles. The number of carbonyl (C=O) groups is 1. The highest BCUT2D eigenvalue weighted by Gasteiger charge is 2.15. The lowest BCUT2D eigenvalue weighted by molar-refractivity contribution is 0.102. The zero-order valence-corrected chi connectivity index (χ0v) is 17.0. The summed E-state index contributed by atoms with van der Waals surface area (Å²) in [6.07, 6.45) is 1.96. The van der Waals surface area contributed by atoms with E-state index in [1.165, 1.54) is 16.2 Å². The van der Waals surface area contributed by atoms with Gasteiger partial charge in [-0.05, 0) is 42.8 Å². The molecule has 0 fully saturated rings. The van der Waals surface area contributed by atoms with Crippen molar-refractivity contribution in [2.45, 2.75) is 19.8 Å². The Morgan fingerprint density at radius 2 is 1.85 bits per heavy atom. The molecule has 3 aromatic rings. The molecule has 26 heavy (non-hydrogen) atoms. The highest BCUT2D eigenvalue weighted by Crippen LogP contribution is 2.33. The largest absolute Gasteiger partial charge is 0.497 e. The van der Waals surface area contributed by atoms with Crippen molar-refractivity contribution in [2.24, 2.45) is 0 Å². The predicted octanol–water partition coefficient (Wildman–Crippen LogP) is 5.79. The fraction of sp³-hybridized carbons (Fsp3) is 0.200. The van der Waals surface area contributed by atoms with Crippen LogP contribution in [-0.2, 0) is 6.42 Å². The molecule has 6 heteroatoms. The number of hydrogen-bond acceptors (Lipinski definition) is 4. The Morgan fingerprint density at radius 1 is 1.15 bits per heavy atom. The molecule has 4 nitrogen and oxygen atoms in total. The third-order valence-electron chi connectivity index (χ3n) is 3.86. The topological polar surface area (TPSA) is 51.2 Å². The maximum atomic E-state index is 12.5. The summed E-state index contributed by atoms with van der Waals surface area (Å²) in [6, 6.07) is 15.1. The number of rotatable bonds is 6. The molecule has 2 aromatic carbocycles. The van der Waals surface area contributed by atoms with E-state index < -0.39 is 0 Å². The number of nitrogens with zero attached hydrogens (tertiary/aromatic N) is 1. The van der Waals surface area contributed by atoms with Crippen LogP contribution in [0.15, 0.2) is 53.0 Å². The molecule has 1 N–H and O–H groups in total. The minimum atomic E-state index is -0.174. The third kappa shape index (κ3) is 4.31. The van der Waals surface area contributed by atoms with Crippen LogP contribution < -0.4 is 10.1 Å². The molecule has 0 atom stereocenters. The summed E-state index contributed by atoms with van der Waals surface area (Å²) >= 11 is 4.99. The molecule has 0 radical (unpaired) electrons. The summed E-state index contributed by atoms with van der Waals surface area (Å²) in [6.45, 7) is 2.14. The SMILES string of the molecule is CCCc1sc(NC(=O)c2ccc(OC)cc2)nc1-c1ccc(Br)cc1. The molecular weight excluding hydrogens is 412 g/mol. The van der Waals surface area contributed by atoms with Crippen molar-refractivity contribution in [3.05, 3.63) is 63.4 Å². The molecule has 1 amide bonds. The Bertz CT molecular complexity index is 889. The Balaban J connectivity index is 1.84. The lowest BCUT2D eigenvalue weighted by atomic mass is 10.1. The number of aromatic nitrogens is 1. The summed E-state index contributed by atoms with van der Waals surface area (Å²) < 4.78 is 6.15. The summed E-state index contributed by atoms with van der Waals surface area (Å²) in [7, 11) is 1.60. The van der Waals surface area contributed by atoms with E-state index in [9.17, 15) is 4.79 Å². The quantitative estimate of drug-likeness (QED) is 0.538. The minimum absolute atomic E-state index is 0.174. The van der Waals surface area contributed by atoms with Gasteiger partial charge in [-0.25, -0.2) is 4.98 Å². The van der Waals surface area contributed by atoms with Crippen molar-refractivity contribution in [2.75, 3.05) is 12.4 Å². The van der Waals surface area contributed by atoms with Crippen LogP contribution in [0.1, 0.15) is 28.6 Å². The minimum Gasteiger partial charge on any atom is -0.497 e. The number of nitrogens with one attached hydrogen (secondary N) is 1. The van der Waals surface area contributed by atoms with Crippen molar-refractivity contribution in [1.29, 1.82) is 0 Å². The maximum Gasteiger partial charge on any atom is 0.257 e. The van der Waals surface area contributed by atoms with Gasteiger partial charge in [-0.3, -0.25) is 10.1 Å². The van der Waals surface area contributed by atoms with Gasteiger partial charge >= 0.3 is 0 Å². The molecular formula is C20H19BrN2O2S. The first-order chi connectivity index (χ1) is 12.6. The van der Waals surface area contributed by atoms with E-state index in [4.69, 9.17) is 4.74 Å². The van der Waals surface area contributed by atoms with Gasteiger partial charge in [-0.2, -0.15) is 0 Å². The van der Waals surface area contributed by atoms with Gasteiger partial charge in [-0.15, -0.1) is 11.3 Å². The number of thiazole rings is 1. The third-order valence-corrected chi connectivity index (χ3v) is 5.42. The van der Waals surface area contributed by atoms with Gasteiger partial charge < -0.3 is 4.74 Å². The predicted molar refractivity (Wildman–Crippen MR) is 110 cm³/mol. The number of anilines is 1. The van der Waals surface area contributed by atoms with E-state index in [0.29, 0.717) is 10.7 Å². The summed E-state index contributed by atoms with van der Waals surface area (Å²) in [4.78, 5) is 18.3. The fourth-order valence-electron chi connectivity index (χ4n) is 2.55. The fourth-order valence-corrected chi connectivity index (χ4v) is 3.89. The first-order valence-corrected chi connectivity index (χ1v) is 9.92. The molecule has 0 unspecified atom stereocenters. The maximum absolute atomic E-state index is 12.5. The van der Waals surface area contributed by atoms with Gasteiger partial charge in [0.15, 0.2) is 5.13 Å². The Kier molecular flexibility index (Phi) is 6.06. The second kappa shape index (κ2) is 8.47. The van der Waals surface area contributed by atoms with Crippen LogP contribution in [0.3, 0.4) is 0 Å². The van der Waals surface area contributed by atoms with Gasteiger partial charge in [0, 0.05) is 20.5 Å². The van der Waals surface area contributed by atoms with Crippen LogP contribution in [0.2, 0.25) is 0 Å². The molecule has 134 valence electrons. The number of carbonyl (C=O) groups excluding carboxylic acids is 1. The molecule has 0 saturated heterocycles. The molecule has 0 spiro atoms. The average molecular weight is 431 g/mol. The van der Waals surface area contributed by atoms with Gasteiger partial charge in [0.2, 0.25) is 0 Å². The molecule has 0 saturated carbocycles. The second-order valence-corrected chi connectivity index (χ2v) is 7.73. The van der Waals surface area contributed by atoms with Gasteiger partial charge in [0.25, 0.3) is 5.91 Å². The van der Waals surface area contributed by atoms with Crippen molar-refractivity contribution in [3.63, 3.8) is 0 Å². The second-order valence-electron chi connectivity index (χ2n) is 5.73. The van der Waals surface area contributed by atoms with E-state index in [1.807, 2.05) is 24.3 Å². The molecule has 0 aliphatic carbocycles. The number of amides is 1. The Hall–Kier alpha value is -2.18. The number of aryl methyl sites for hydroxylation is 1. The van der Waals surface area contributed by atoms with Crippen LogP contribution in [0.4, 0.5) is 5.13 Å². The van der Waals surface area contributed by atoms with E-state index in [0.717, 1.165) is 34.3 Å². The smallest absolute Gasteiger partial charge is 0.257 e. The number of hydrogen-bond donors (Lipinski definition) is 1. The van der Waals surface area contributed by atoms with Gasteiger partial charge in [0.1, 0.15) is 5.75 Å². The van der Waals surface area contributed by atoms with E-state index >= 15 is 0 Å². The first kappa shape index (κ1) is 18.6. The Labute approximate surface area is 165 Å². The van der Waals surface area contributed by atoms with Crippen molar-refractivity contribution in [3.8, 4) is 17.0 Å². The lowest BCUT2D eigenvalue weighted by Crippen LogP contribution is -2.11. The number of benzene rings is 2. The molecule has 1 aromatic heterocycles. The standard InChI is InChI=1S/C20H19BrN2O2S/c1-3-4-17-18(13-5-9-15(21)10-6-13)22-20(26-17)23-19(24)14-7-11-16(25-2)12-8-14/h5-12H,3-4H2,1-2H3,(H,22,23,24). The van der Waals surface area contributed by atoms with Gasteiger partial charge in [0.05, 0.1) is 12.8 Å². The van der Waals surface area contributed by atoms with Gasteiger partial charge in [-0.1, -0.05) is 41.4 Å².